The van der Waals surface area contributed by atoms with E-state index in [9.17, 15) is 18.2 Å². The molecule has 2 aliphatic rings. The third-order valence-electron chi connectivity index (χ3n) is 7.63. The molecule has 12 heteroatoms. The Balaban J connectivity index is 0.00000588. The summed E-state index contributed by atoms with van der Waals surface area (Å²) < 4.78 is 40.2. The van der Waals surface area contributed by atoms with Gasteiger partial charge >= 0.3 is 29.6 Å². The van der Waals surface area contributed by atoms with Crippen LogP contribution in [0.2, 0.25) is 0 Å². The van der Waals surface area contributed by atoms with Crippen molar-refractivity contribution in [3.63, 3.8) is 0 Å². The SMILES string of the molecule is CCC[N+]1=C(/C=C/C=C/C=C2\N(CCCS(=O)(=O)[O-])N=C(C)C2(C)CCC)C(C)(C)c2cc(SOO[O-])ccc21.[Na+]. The van der Waals surface area contributed by atoms with Crippen LogP contribution in [0.3, 0.4) is 0 Å². The number of allylic oxidation sites excluding steroid dienone is 6. The fraction of sp³-hybridized carbons (Fsp3) is 0.517. The minimum Gasteiger partial charge on any atom is -0.748 e. The van der Waals surface area contributed by atoms with Gasteiger partial charge in [0, 0.05) is 58.1 Å². The quantitative estimate of drug-likeness (QED) is 0.0596. The van der Waals surface area contributed by atoms with Gasteiger partial charge in [0.15, 0.2) is 5.71 Å². The number of hydrogen-bond acceptors (Lipinski definition) is 9. The zero-order chi connectivity index (χ0) is 29.6. The normalized spacial score (nSPS) is 21.3. The topological polar surface area (TPSA) is 117 Å². The third kappa shape index (κ3) is 8.64. The summed E-state index contributed by atoms with van der Waals surface area (Å²) in [6.07, 6.45) is 13.3. The van der Waals surface area contributed by atoms with Gasteiger partial charge in [-0.25, -0.2) is 8.42 Å². The van der Waals surface area contributed by atoms with Crippen molar-refractivity contribution in [2.45, 2.75) is 77.5 Å². The molecule has 0 radical (unpaired) electrons. The predicted molar refractivity (Wildman–Crippen MR) is 156 cm³/mol. The van der Waals surface area contributed by atoms with E-state index in [1.54, 1.807) is 0 Å². The molecule has 0 amide bonds. The summed E-state index contributed by atoms with van der Waals surface area (Å²) in [7, 11) is -4.26. The van der Waals surface area contributed by atoms with Crippen molar-refractivity contribution >= 4 is 39.3 Å². The van der Waals surface area contributed by atoms with Crippen LogP contribution in [0.25, 0.3) is 0 Å². The predicted octanol–water partition coefficient (Wildman–Crippen LogP) is 2.14. The summed E-state index contributed by atoms with van der Waals surface area (Å²) in [6.45, 7) is 14.1. The van der Waals surface area contributed by atoms with Gasteiger partial charge in [-0.3, -0.25) is 10.0 Å². The fourth-order valence-corrected chi connectivity index (χ4v) is 6.42. The maximum atomic E-state index is 11.1. The van der Waals surface area contributed by atoms with Crippen molar-refractivity contribution in [3.05, 3.63) is 59.8 Å². The first-order valence-electron chi connectivity index (χ1n) is 13.6. The van der Waals surface area contributed by atoms with E-state index in [-0.39, 0.29) is 46.8 Å². The minimum atomic E-state index is -4.26. The Morgan fingerprint density at radius 3 is 2.51 bits per heavy atom. The van der Waals surface area contributed by atoms with Gasteiger partial charge in [0.25, 0.3) is 0 Å². The largest absolute Gasteiger partial charge is 1.00 e. The molecule has 2 aliphatic heterocycles. The molecule has 2 heterocycles. The van der Waals surface area contributed by atoms with Gasteiger partial charge in [0.2, 0.25) is 5.69 Å². The van der Waals surface area contributed by atoms with Crippen LogP contribution < -0.4 is 34.8 Å². The molecule has 1 aromatic carbocycles. The number of hydrazone groups is 1. The molecule has 0 aromatic heterocycles. The Morgan fingerprint density at radius 2 is 1.88 bits per heavy atom. The van der Waals surface area contributed by atoms with Crippen LogP contribution in [0.5, 0.6) is 0 Å². The summed E-state index contributed by atoms with van der Waals surface area (Å²) >= 11 is 0.892. The van der Waals surface area contributed by atoms with Crippen molar-refractivity contribution in [3.8, 4) is 0 Å². The molecule has 41 heavy (non-hydrogen) atoms. The Kier molecular flexibility index (Phi) is 13.5. The second kappa shape index (κ2) is 15.4. The van der Waals surface area contributed by atoms with Gasteiger partial charge in [-0.1, -0.05) is 38.5 Å². The number of nitrogens with zero attached hydrogens (tertiary/aromatic N) is 3. The number of rotatable bonds is 14. The molecule has 0 saturated carbocycles. The maximum absolute atomic E-state index is 11.1. The van der Waals surface area contributed by atoms with Crippen LogP contribution in [0, 0.1) is 5.41 Å². The van der Waals surface area contributed by atoms with Crippen LogP contribution in [0.4, 0.5) is 5.69 Å². The van der Waals surface area contributed by atoms with E-state index >= 15 is 0 Å². The molecule has 220 valence electrons. The van der Waals surface area contributed by atoms with Gasteiger partial charge in [0.1, 0.15) is 6.54 Å². The molecule has 1 aromatic rings. The van der Waals surface area contributed by atoms with Crippen molar-refractivity contribution in [2.75, 3.05) is 18.8 Å². The molecule has 0 fully saturated rings. The molecule has 9 nitrogen and oxygen atoms in total. The molecule has 0 spiro atoms. The first kappa shape index (κ1) is 35.9. The number of hydrogen-bond donors (Lipinski definition) is 0. The molecule has 1 unspecified atom stereocenters. The van der Waals surface area contributed by atoms with E-state index in [2.05, 4.69) is 54.6 Å². The van der Waals surface area contributed by atoms with Gasteiger partial charge < -0.3 is 9.81 Å². The average molecular weight is 614 g/mol. The average Bonchev–Trinajstić information content (AvgIpc) is 3.23. The zero-order valence-electron chi connectivity index (χ0n) is 25.2. The molecule has 3 rings (SSSR count). The summed E-state index contributed by atoms with van der Waals surface area (Å²) in [5, 5.41) is 20.3. The fourth-order valence-electron chi connectivity index (χ4n) is 5.54. The van der Waals surface area contributed by atoms with Crippen LogP contribution in [-0.2, 0) is 24.9 Å². The standard InChI is InChI=1S/C29H41N3O6S2.Na/c1-7-17-29(6)22(3)30-32(19-12-20-40(34,35)36)27(29)14-11-9-10-13-26-28(4,5)24-21-23(39-38-37-33)15-16-25(24)31(26)18-8-2;/h9-11,13-16,21H,7-8,12,17-20H2,1-6H3,(H-,33,34,35,36);/q;+1/p-1. The van der Waals surface area contributed by atoms with Gasteiger partial charge in [-0.05, 0) is 58.7 Å². The van der Waals surface area contributed by atoms with Crippen LogP contribution in [0.1, 0.15) is 72.8 Å². The Morgan fingerprint density at radius 1 is 1.15 bits per heavy atom. The van der Waals surface area contributed by atoms with E-state index in [4.69, 9.17) is 5.10 Å². The minimum absolute atomic E-state index is 0. The van der Waals surface area contributed by atoms with Gasteiger partial charge in [-0.15, -0.1) is 0 Å². The van der Waals surface area contributed by atoms with Crippen molar-refractivity contribution in [1.82, 2.24) is 5.01 Å². The monoisotopic (exact) mass is 613 g/mol. The van der Waals surface area contributed by atoms with E-state index in [1.807, 2.05) is 54.4 Å². The first-order valence-corrected chi connectivity index (χ1v) is 16.0. The summed E-state index contributed by atoms with van der Waals surface area (Å²) in [5.74, 6) is -0.404. The van der Waals surface area contributed by atoms with Crippen molar-refractivity contribution < 1.29 is 61.7 Å². The first-order chi connectivity index (χ1) is 18.9. The summed E-state index contributed by atoms with van der Waals surface area (Å²) in [4.78, 5) is 0.789. The van der Waals surface area contributed by atoms with Gasteiger partial charge in [0.05, 0.1) is 27.6 Å². The van der Waals surface area contributed by atoms with Gasteiger partial charge in [-0.2, -0.15) is 14.0 Å². The van der Waals surface area contributed by atoms with Crippen molar-refractivity contribution in [2.24, 2.45) is 10.5 Å². The van der Waals surface area contributed by atoms with E-state index in [0.717, 1.165) is 65.4 Å². The van der Waals surface area contributed by atoms with E-state index in [1.165, 1.54) is 5.71 Å². The summed E-state index contributed by atoms with van der Waals surface area (Å²) in [5.41, 5.74) is 4.92. The van der Waals surface area contributed by atoms with E-state index < -0.39 is 15.9 Å². The molecule has 0 aliphatic carbocycles. The Hall–Kier alpha value is -1.28. The smallest absolute Gasteiger partial charge is 0.748 e. The molecule has 0 bridgehead atoms. The maximum Gasteiger partial charge on any atom is 1.00 e. The molecule has 1 atom stereocenters. The van der Waals surface area contributed by atoms with Crippen molar-refractivity contribution in [1.29, 1.82) is 0 Å². The second-order valence-electron chi connectivity index (χ2n) is 10.9. The Bertz CT molecular complexity index is 1340. The number of benzene rings is 1. The van der Waals surface area contributed by atoms with E-state index in [0.29, 0.717) is 6.54 Å². The third-order valence-corrected chi connectivity index (χ3v) is 8.98. The molecule has 0 N–H and O–H groups in total. The Labute approximate surface area is 271 Å². The summed E-state index contributed by atoms with van der Waals surface area (Å²) in [6, 6.07) is 6.00. The van der Waals surface area contributed by atoms with Crippen LogP contribution in [-0.4, -0.2) is 52.8 Å². The molecular weight excluding hydrogens is 573 g/mol. The number of fused-ring (bicyclic) bond motifs is 1. The zero-order valence-corrected chi connectivity index (χ0v) is 28.8. The molecule has 0 saturated heterocycles. The van der Waals surface area contributed by atoms with Crippen LogP contribution >= 0.6 is 12.0 Å². The van der Waals surface area contributed by atoms with Crippen LogP contribution in [0.15, 0.2) is 64.3 Å². The second-order valence-corrected chi connectivity index (χ2v) is 13.2. The molecular formula is C29H40N3NaO6S2.